The minimum Gasteiger partial charge on any atom is -0.493 e. The van der Waals surface area contributed by atoms with Crippen LogP contribution >= 0.6 is 0 Å². The van der Waals surface area contributed by atoms with E-state index in [1.165, 1.54) is 6.08 Å². The first-order valence-corrected chi connectivity index (χ1v) is 11.7. The molecule has 180 valence electrons. The summed E-state index contributed by atoms with van der Waals surface area (Å²) in [5, 5.41) is 24.0. The molecule has 0 unspecified atom stereocenters. The molecular weight excluding hydrogens is 446 g/mol. The van der Waals surface area contributed by atoms with Gasteiger partial charge in [-0.2, -0.15) is 5.26 Å². The van der Waals surface area contributed by atoms with Gasteiger partial charge in [0, 0.05) is 40.8 Å². The molecule has 8 nitrogen and oxygen atoms in total. The summed E-state index contributed by atoms with van der Waals surface area (Å²) < 4.78 is 5.82. The van der Waals surface area contributed by atoms with E-state index in [4.69, 9.17) is 9.84 Å². The second kappa shape index (κ2) is 10.0. The number of hydrogen-bond acceptors (Lipinski definition) is 5. The third-order valence-corrected chi connectivity index (χ3v) is 6.61. The molecule has 1 heterocycles. The van der Waals surface area contributed by atoms with Crippen molar-refractivity contribution in [3.8, 4) is 11.8 Å². The molecule has 3 N–H and O–H groups in total. The van der Waals surface area contributed by atoms with Gasteiger partial charge in [0.25, 0.3) is 5.91 Å². The van der Waals surface area contributed by atoms with Gasteiger partial charge in [-0.05, 0) is 61.6 Å². The molecular formula is C27H27N3O5. The van der Waals surface area contributed by atoms with Crippen molar-refractivity contribution in [3.63, 3.8) is 0 Å². The molecule has 0 radical (unpaired) electrons. The van der Waals surface area contributed by atoms with Crippen LogP contribution in [-0.2, 0) is 21.4 Å². The van der Waals surface area contributed by atoms with Crippen LogP contribution in [0.1, 0.15) is 53.2 Å². The molecule has 2 aliphatic rings. The summed E-state index contributed by atoms with van der Waals surface area (Å²) in [5.41, 5.74) is 2.63. The van der Waals surface area contributed by atoms with Crippen molar-refractivity contribution >= 4 is 23.5 Å². The van der Waals surface area contributed by atoms with Crippen molar-refractivity contribution in [1.29, 1.82) is 5.26 Å². The van der Waals surface area contributed by atoms with E-state index in [0.29, 0.717) is 60.5 Å². The number of aliphatic carboxylic acids is 1. The fourth-order valence-electron chi connectivity index (χ4n) is 4.67. The van der Waals surface area contributed by atoms with Crippen molar-refractivity contribution < 1.29 is 24.2 Å². The smallest absolute Gasteiger partial charge is 0.327 e. The van der Waals surface area contributed by atoms with Crippen molar-refractivity contribution in [2.24, 2.45) is 5.92 Å². The zero-order chi connectivity index (χ0) is 25.0. The van der Waals surface area contributed by atoms with E-state index >= 15 is 0 Å². The van der Waals surface area contributed by atoms with Crippen molar-refractivity contribution in [1.82, 2.24) is 5.32 Å². The number of benzene rings is 2. The molecule has 0 bridgehead atoms. The molecule has 1 fully saturated rings. The highest BCUT2D eigenvalue weighted by atomic mass is 16.5. The van der Waals surface area contributed by atoms with E-state index in [0.717, 1.165) is 18.1 Å². The number of carbonyl (C=O) groups is 3. The van der Waals surface area contributed by atoms with Gasteiger partial charge in [-0.3, -0.25) is 9.59 Å². The molecule has 35 heavy (non-hydrogen) atoms. The topological polar surface area (TPSA) is 129 Å². The maximum Gasteiger partial charge on any atom is 0.327 e. The molecule has 8 heteroatoms. The molecule has 1 aliphatic carbocycles. The van der Waals surface area contributed by atoms with Gasteiger partial charge in [0.2, 0.25) is 5.91 Å². The van der Waals surface area contributed by atoms with Gasteiger partial charge in [0.1, 0.15) is 5.75 Å². The fraction of sp³-hybridized carbons (Fsp3) is 0.333. The van der Waals surface area contributed by atoms with Crippen LogP contribution in [0.25, 0.3) is 0 Å². The van der Waals surface area contributed by atoms with Crippen LogP contribution in [0.5, 0.6) is 5.75 Å². The molecule has 0 aromatic heterocycles. The third-order valence-electron chi connectivity index (χ3n) is 6.61. The predicted molar refractivity (Wildman–Crippen MR) is 129 cm³/mol. The zero-order valence-corrected chi connectivity index (χ0v) is 19.5. The fourth-order valence-corrected chi connectivity index (χ4v) is 4.67. The molecule has 4 rings (SSSR count). The standard InChI is InChI=1S/C27H27N3O5/c1-2-11-29-25(33)19-8-9-23-20(14-19)27(10-12-35-23)15-21(27)26(34)30-22-13-17(16-28)6-7-18(22)4-3-5-24(31)32/h3,5-9,13-14,21H,2,4,10-12,15H2,1H3,(H,29,33)(H,30,34)(H,31,32)/t21-,27-/m0/s1. The van der Waals surface area contributed by atoms with Crippen LogP contribution in [0.3, 0.4) is 0 Å². The van der Waals surface area contributed by atoms with Gasteiger partial charge < -0.3 is 20.5 Å². The summed E-state index contributed by atoms with van der Waals surface area (Å²) in [6.45, 7) is 3.07. The molecule has 2 aromatic rings. The van der Waals surface area contributed by atoms with Crippen LogP contribution < -0.4 is 15.4 Å². The zero-order valence-electron chi connectivity index (χ0n) is 19.5. The first kappa shape index (κ1) is 24.0. The monoisotopic (exact) mass is 473 g/mol. The second-order valence-corrected chi connectivity index (χ2v) is 8.90. The SMILES string of the molecule is CCCNC(=O)c1ccc2c(c1)[C@]1(CCO2)C[C@H]1C(=O)Nc1cc(C#N)ccc1CC=CC(=O)O. The number of nitriles is 1. The van der Waals surface area contributed by atoms with Crippen LogP contribution in [0.15, 0.2) is 48.6 Å². The Hall–Kier alpha value is -4.12. The lowest BCUT2D eigenvalue weighted by molar-refractivity contribution is -0.131. The minimum atomic E-state index is -1.05. The molecule has 1 saturated carbocycles. The number of carbonyl (C=O) groups excluding carboxylic acids is 2. The van der Waals surface area contributed by atoms with E-state index in [1.54, 1.807) is 30.3 Å². The average molecular weight is 474 g/mol. The Morgan fingerprint density at radius 1 is 1.26 bits per heavy atom. The summed E-state index contributed by atoms with van der Waals surface area (Å²) in [4.78, 5) is 36.6. The number of carboxylic acid groups (broad SMARTS) is 1. The highest BCUT2D eigenvalue weighted by Crippen LogP contribution is 2.61. The van der Waals surface area contributed by atoms with E-state index in [9.17, 15) is 19.6 Å². The number of carboxylic acids is 1. The minimum absolute atomic E-state index is 0.149. The largest absolute Gasteiger partial charge is 0.493 e. The summed E-state index contributed by atoms with van der Waals surface area (Å²) in [6, 6.07) is 12.4. The van der Waals surface area contributed by atoms with Gasteiger partial charge >= 0.3 is 5.97 Å². The van der Waals surface area contributed by atoms with Gasteiger partial charge in [-0.1, -0.05) is 19.1 Å². The van der Waals surface area contributed by atoms with E-state index in [-0.39, 0.29) is 17.7 Å². The molecule has 1 aliphatic heterocycles. The van der Waals surface area contributed by atoms with E-state index in [1.807, 2.05) is 13.0 Å². The lowest BCUT2D eigenvalue weighted by Crippen LogP contribution is -2.28. The third kappa shape index (κ3) is 5.04. The Labute approximate surface area is 203 Å². The average Bonchev–Trinajstić information content (AvgIpc) is 3.57. The highest BCUT2D eigenvalue weighted by Gasteiger charge is 2.61. The van der Waals surface area contributed by atoms with E-state index in [2.05, 4.69) is 16.7 Å². The number of nitrogens with zero attached hydrogens (tertiary/aromatic N) is 1. The highest BCUT2D eigenvalue weighted by molar-refractivity contribution is 5.98. The first-order valence-electron chi connectivity index (χ1n) is 11.7. The molecule has 2 amide bonds. The molecule has 1 spiro atoms. The molecule has 0 saturated heterocycles. The Kier molecular flexibility index (Phi) is 6.87. The molecule has 2 atom stereocenters. The van der Waals surface area contributed by atoms with Gasteiger partial charge in [0.05, 0.1) is 18.2 Å². The van der Waals surface area contributed by atoms with Crippen LogP contribution in [-0.4, -0.2) is 36.0 Å². The lowest BCUT2D eigenvalue weighted by atomic mass is 9.86. The maximum absolute atomic E-state index is 13.3. The van der Waals surface area contributed by atoms with Crippen LogP contribution in [0, 0.1) is 17.2 Å². The normalized spacial score (nSPS) is 19.9. The lowest BCUT2D eigenvalue weighted by Gasteiger charge is -2.27. The quantitative estimate of drug-likeness (QED) is 0.503. The number of rotatable bonds is 8. The van der Waals surface area contributed by atoms with Crippen molar-refractivity contribution in [2.45, 2.75) is 38.0 Å². The summed E-state index contributed by atoms with van der Waals surface area (Å²) in [6.07, 6.45) is 5.00. The van der Waals surface area contributed by atoms with Crippen molar-refractivity contribution in [3.05, 3.63) is 70.8 Å². The van der Waals surface area contributed by atoms with Gasteiger partial charge in [0.15, 0.2) is 0 Å². The number of anilines is 1. The maximum atomic E-state index is 13.3. The summed E-state index contributed by atoms with van der Waals surface area (Å²) in [7, 11) is 0. The van der Waals surface area contributed by atoms with E-state index < -0.39 is 11.4 Å². The number of nitrogens with one attached hydrogen (secondary N) is 2. The Morgan fingerprint density at radius 3 is 2.83 bits per heavy atom. The summed E-state index contributed by atoms with van der Waals surface area (Å²) >= 11 is 0. The van der Waals surface area contributed by atoms with Crippen molar-refractivity contribution in [2.75, 3.05) is 18.5 Å². The number of ether oxygens (including phenoxy) is 1. The number of hydrogen-bond donors (Lipinski definition) is 3. The second-order valence-electron chi connectivity index (χ2n) is 8.90. The Morgan fingerprint density at radius 2 is 2.09 bits per heavy atom. The summed E-state index contributed by atoms with van der Waals surface area (Å²) in [5.74, 6) is -0.969. The Balaban J connectivity index is 1.56. The number of amides is 2. The predicted octanol–water partition coefficient (Wildman–Crippen LogP) is 3.56. The number of fused-ring (bicyclic) bond motifs is 2. The van der Waals surface area contributed by atoms with Crippen LogP contribution in [0.2, 0.25) is 0 Å². The molecule has 2 aromatic carbocycles. The van der Waals surface area contributed by atoms with Gasteiger partial charge in [-0.25, -0.2) is 4.79 Å². The Bertz CT molecular complexity index is 1250. The van der Waals surface area contributed by atoms with Gasteiger partial charge in [-0.15, -0.1) is 0 Å². The number of allylic oxidation sites excluding steroid dienone is 1. The first-order chi connectivity index (χ1) is 16.9. The van der Waals surface area contributed by atoms with Crippen LogP contribution in [0.4, 0.5) is 5.69 Å².